The predicted octanol–water partition coefficient (Wildman–Crippen LogP) is 7.24. The third-order valence-electron chi connectivity index (χ3n) is 3.90. The minimum absolute atomic E-state index is 0.0879. The van der Waals surface area contributed by atoms with Crippen molar-refractivity contribution in [3.63, 3.8) is 0 Å². The zero-order chi connectivity index (χ0) is 17.6. The Morgan fingerprint density at radius 3 is 2.12 bits per heavy atom. The van der Waals surface area contributed by atoms with Gasteiger partial charge in [-0.25, -0.2) is 0 Å². The van der Waals surface area contributed by atoms with Crippen LogP contribution in [0.5, 0.6) is 0 Å². The van der Waals surface area contributed by atoms with Gasteiger partial charge in [0.25, 0.3) is 0 Å². The molecule has 124 valence electrons. The van der Waals surface area contributed by atoms with Crippen molar-refractivity contribution in [2.45, 2.75) is 12.3 Å². The van der Waals surface area contributed by atoms with Gasteiger partial charge in [-0.05, 0) is 53.9 Å². The normalized spacial score (nSPS) is 11.5. The maximum Gasteiger partial charge on any atom is 0.0507 e. The van der Waals surface area contributed by atoms with Gasteiger partial charge in [0.15, 0.2) is 0 Å². The topological polar surface area (TPSA) is 0 Å². The van der Waals surface area contributed by atoms with Crippen LogP contribution < -0.4 is 0 Å². The maximum absolute atomic E-state index is 5.96. The highest BCUT2D eigenvalue weighted by molar-refractivity contribution is 9.10. The molecule has 1 atom stereocenters. The van der Waals surface area contributed by atoms with Crippen LogP contribution in [0.1, 0.15) is 22.6 Å². The van der Waals surface area contributed by atoms with Gasteiger partial charge < -0.3 is 0 Å². The van der Waals surface area contributed by atoms with Crippen LogP contribution in [0.2, 0.25) is 5.02 Å². The highest BCUT2D eigenvalue weighted by Gasteiger charge is 2.14. The molecule has 0 saturated carbocycles. The van der Waals surface area contributed by atoms with E-state index in [1.807, 2.05) is 36.4 Å². The first-order chi connectivity index (χ1) is 12.1. The first-order valence-electron chi connectivity index (χ1n) is 7.88. The van der Waals surface area contributed by atoms with E-state index in [2.05, 4.69) is 80.1 Å². The smallest absolute Gasteiger partial charge is 0.0507 e. The molecule has 0 radical (unpaired) electrons. The van der Waals surface area contributed by atoms with Crippen LogP contribution in [0.25, 0.3) is 0 Å². The molecule has 0 aliphatic rings. The molecule has 0 spiro atoms. The van der Waals surface area contributed by atoms with Crippen molar-refractivity contribution in [1.29, 1.82) is 0 Å². The van der Waals surface area contributed by atoms with Gasteiger partial charge >= 0.3 is 0 Å². The van der Waals surface area contributed by atoms with Crippen molar-refractivity contribution >= 4 is 43.5 Å². The van der Waals surface area contributed by atoms with Gasteiger partial charge in [-0.15, -0.1) is 0 Å². The molecule has 3 rings (SSSR count). The number of benzene rings is 3. The summed E-state index contributed by atoms with van der Waals surface area (Å²) in [6, 6.07) is 24.2. The summed E-state index contributed by atoms with van der Waals surface area (Å²) in [5.74, 6) is 6.82. The zero-order valence-corrected chi connectivity index (χ0v) is 17.3. The van der Waals surface area contributed by atoms with Crippen molar-refractivity contribution in [3.8, 4) is 11.8 Å². The molecule has 0 N–H and O–H groups in total. The Bertz CT molecular complexity index is 921. The average Bonchev–Trinajstić information content (AvgIpc) is 2.62. The Morgan fingerprint density at radius 1 is 0.800 bits per heavy atom. The molecular weight excluding hydrogens is 460 g/mol. The van der Waals surface area contributed by atoms with Crippen LogP contribution in [-0.4, -0.2) is 0 Å². The van der Waals surface area contributed by atoms with Crippen molar-refractivity contribution in [2.24, 2.45) is 0 Å². The van der Waals surface area contributed by atoms with Gasteiger partial charge in [-0.3, -0.25) is 0 Å². The second-order valence-corrected chi connectivity index (χ2v) is 7.79. The molecule has 3 heteroatoms. The van der Waals surface area contributed by atoms with E-state index in [0.29, 0.717) is 0 Å². The molecule has 0 amide bonds. The molecule has 25 heavy (non-hydrogen) atoms. The van der Waals surface area contributed by atoms with Gasteiger partial charge in [-0.2, -0.15) is 0 Å². The maximum atomic E-state index is 5.96. The largest absolute Gasteiger partial charge is 0.0893 e. The number of hydrogen-bond donors (Lipinski definition) is 0. The molecule has 0 saturated heterocycles. The molecule has 0 heterocycles. The van der Waals surface area contributed by atoms with Crippen LogP contribution >= 0.6 is 43.5 Å². The van der Waals surface area contributed by atoms with Gasteiger partial charge in [0.05, 0.1) is 5.92 Å². The fraction of sp³-hybridized carbons (Fsp3) is 0.0909. The summed E-state index contributed by atoms with van der Waals surface area (Å²) in [5, 5.41) is 0.723. The average molecular weight is 475 g/mol. The van der Waals surface area contributed by atoms with E-state index in [-0.39, 0.29) is 5.92 Å². The quantitative estimate of drug-likeness (QED) is 0.351. The van der Waals surface area contributed by atoms with Crippen LogP contribution in [0.15, 0.2) is 81.7 Å². The highest BCUT2D eigenvalue weighted by Crippen LogP contribution is 2.30. The van der Waals surface area contributed by atoms with E-state index in [0.717, 1.165) is 26.0 Å². The Labute approximate surface area is 170 Å². The minimum Gasteiger partial charge on any atom is -0.0893 e. The summed E-state index contributed by atoms with van der Waals surface area (Å²) < 4.78 is 2.19. The van der Waals surface area contributed by atoms with Crippen LogP contribution in [0, 0.1) is 11.8 Å². The molecule has 0 nitrogen and oxygen atoms in total. The lowest BCUT2D eigenvalue weighted by atomic mass is 9.92. The molecule has 0 aliphatic carbocycles. The monoisotopic (exact) mass is 472 g/mol. The van der Waals surface area contributed by atoms with Crippen molar-refractivity contribution in [3.05, 3.63) is 103 Å². The lowest BCUT2D eigenvalue weighted by Crippen LogP contribution is -2.02. The molecule has 0 aromatic heterocycles. The standard InChI is InChI=1S/C22H15Br2Cl/c23-21-7-3-1-5-18(21)15-17(20-6-2-4-8-22(20)24)12-9-16-10-13-19(25)14-11-16/h1-8,10-11,13-14,17H,15H2/t17-/m1/s1. The zero-order valence-electron chi connectivity index (χ0n) is 13.3. The first-order valence-corrected chi connectivity index (χ1v) is 9.85. The fourth-order valence-electron chi connectivity index (χ4n) is 2.58. The third-order valence-corrected chi connectivity index (χ3v) is 5.65. The number of rotatable bonds is 3. The lowest BCUT2D eigenvalue weighted by Gasteiger charge is -2.14. The number of hydrogen-bond acceptors (Lipinski definition) is 0. The van der Waals surface area contributed by atoms with E-state index in [9.17, 15) is 0 Å². The summed E-state index contributed by atoms with van der Waals surface area (Å²) in [7, 11) is 0. The van der Waals surface area contributed by atoms with E-state index in [1.54, 1.807) is 0 Å². The molecule has 0 unspecified atom stereocenters. The highest BCUT2D eigenvalue weighted by atomic mass is 79.9. The third kappa shape index (κ3) is 4.98. The van der Waals surface area contributed by atoms with E-state index in [1.165, 1.54) is 11.1 Å². The molecule has 3 aromatic carbocycles. The predicted molar refractivity (Wildman–Crippen MR) is 113 cm³/mol. The fourth-order valence-corrected chi connectivity index (χ4v) is 3.72. The van der Waals surface area contributed by atoms with Gasteiger partial charge in [-0.1, -0.05) is 91.7 Å². The summed E-state index contributed by atoms with van der Waals surface area (Å²) in [6.07, 6.45) is 0.838. The molecule has 0 fully saturated rings. The lowest BCUT2D eigenvalue weighted by molar-refractivity contribution is 0.854. The Kier molecular flexibility index (Phi) is 6.37. The van der Waals surface area contributed by atoms with Crippen molar-refractivity contribution in [2.75, 3.05) is 0 Å². The van der Waals surface area contributed by atoms with Crippen molar-refractivity contribution in [1.82, 2.24) is 0 Å². The second-order valence-electron chi connectivity index (χ2n) is 5.65. The number of halogens is 3. The van der Waals surface area contributed by atoms with Crippen LogP contribution in [0.4, 0.5) is 0 Å². The summed E-state index contributed by atoms with van der Waals surface area (Å²) in [4.78, 5) is 0. The van der Waals surface area contributed by atoms with E-state index >= 15 is 0 Å². The molecule has 3 aromatic rings. The van der Waals surface area contributed by atoms with E-state index in [4.69, 9.17) is 11.6 Å². The Hall–Kier alpha value is -1.53. The summed E-state index contributed by atoms with van der Waals surface area (Å²) in [6.45, 7) is 0. The summed E-state index contributed by atoms with van der Waals surface area (Å²) >= 11 is 13.3. The molecule has 0 bridgehead atoms. The van der Waals surface area contributed by atoms with Crippen LogP contribution in [-0.2, 0) is 6.42 Å². The SMILES string of the molecule is Clc1ccc(C#C[C@H](Cc2ccccc2Br)c2ccccc2Br)cc1. The van der Waals surface area contributed by atoms with Gasteiger partial charge in [0.1, 0.15) is 0 Å². The van der Waals surface area contributed by atoms with Crippen molar-refractivity contribution < 1.29 is 0 Å². The minimum atomic E-state index is 0.0879. The van der Waals surface area contributed by atoms with Gasteiger partial charge in [0.2, 0.25) is 0 Å². The second kappa shape index (κ2) is 8.72. The van der Waals surface area contributed by atoms with Gasteiger partial charge in [0, 0.05) is 19.5 Å². The first kappa shape index (κ1) is 18.3. The molecule has 0 aliphatic heterocycles. The Morgan fingerprint density at radius 2 is 1.44 bits per heavy atom. The molecular formula is C22H15Br2Cl. The Balaban J connectivity index is 1.97. The van der Waals surface area contributed by atoms with E-state index < -0.39 is 0 Å². The van der Waals surface area contributed by atoms with Crippen LogP contribution in [0.3, 0.4) is 0 Å². The summed E-state index contributed by atoms with van der Waals surface area (Å²) in [5.41, 5.74) is 3.40.